The van der Waals surface area contributed by atoms with Gasteiger partial charge in [0.05, 0.1) is 0 Å². The molecule has 0 spiro atoms. The standard InChI is InChI=1S/C13H27NO/c1-4-7-12-8-5-6-9-14(12)10-13(2,3)11-15/h12,15H,4-11H2,1-3H3. The van der Waals surface area contributed by atoms with Gasteiger partial charge in [0.15, 0.2) is 0 Å². The van der Waals surface area contributed by atoms with Gasteiger partial charge in [-0.25, -0.2) is 0 Å². The van der Waals surface area contributed by atoms with Crippen LogP contribution in [0.3, 0.4) is 0 Å². The highest BCUT2D eigenvalue weighted by atomic mass is 16.3. The van der Waals surface area contributed by atoms with Gasteiger partial charge in [0.1, 0.15) is 0 Å². The summed E-state index contributed by atoms with van der Waals surface area (Å²) >= 11 is 0. The van der Waals surface area contributed by atoms with Crippen molar-refractivity contribution >= 4 is 0 Å². The van der Waals surface area contributed by atoms with Crippen molar-refractivity contribution in [1.82, 2.24) is 4.90 Å². The van der Waals surface area contributed by atoms with Gasteiger partial charge in [-0.2, -0.15) is 0 Å². The fraction of sp³-hybridized carbons (Fsp3) is 1.00. The molecule has 1 atom stereocenters. The lowest BCUT2D eigenvalue weighted by Gasteiger charge is -2.40. The van der Waals surface area contributed by atoms with E-state index in [1.807, 2.05) is 0 Å². The van der Waals surface area contributed by atoms with Gasteiger partial charge >= 0.3 is 0 Å². The van der Waals surface area contributed by atoms with E-state index in [-0.39, 0.29) is 5.41 Å². The Morgan fingerprint density at radius 1 is 1.33 bits per heavy atom. The van der Waals surface area contributed by atoms with Gasteiger partial charge in [0.2, 0.25) is 0 Å². The van der Waals surface area contributed by atoms with Crippen LogP contribution in [0.1, 0.15) is 52.9 Å². The lowest BCUT2D eigenvalue weighted by Crippen LogP contribution is -2.45. The normalized spacial score (nSPS) is 24.4. The quantitative estimate of drug-likeness (QED) is 0.759. The summed E-state index contributed by atoms with van der Waals surface area (Å²) in [6, 6.07) is 0.773. The zero-order valence-corrected chi connectivity index (χ0v) is 10.6. The van der Waals surface area contributed by atoms with Gasteiger partial charge in [-0.3, -0.25) is 4.90 Å². The van der Waals surface area contributed by atoms with Crippen molar-refractivity contribution in [2.24, 2.45) is 5.41 Å². The SMILES string of the molecule is CCCC1CCCCN1CC(C)(C)CO. The highest BCUT2D eigenvalue weighted by Gasteiger charge is 2.27. The van der Waals surface area contributed by atoms with Gasteiger partial charge < -0.3 is 5.11 Å². The summed E-state index contributed by atoms with van der Waals surface area (Å²) in [7, 11) is 0. The summed E-state index contributed by atoms with van der Waals surface area (Å²) in [5, 5.41) is 9.31. The molecule has 1 saturated heterocycles. The average Bonchev–Trinajstić information content (AvgIpc) is 2.21. The van der Waals surface area contributed by atoms with E-state index >= 15 is 0 Å². The molecule has 1 heterocycles. The molecule has 2 heteroatoms. The highest BCUT2D eigenvalue weighted by molar-refractivity contribution is 4.81. The van der Waals surface area contributed by atoms with Crippen molar-refractivity contribution in [3.63, 3.8) is 0 Å². The number of piperidine rings is 1. The number of nitrogens with zero attached hydrogens (tertiary/aromatic N) is 1. The summed E-state index contributed by atoms with van der Waals surface area (Å²) in [5.41, 5.74) is 0.0589. The molecule has 2 nitrogen and oxygen atoms in total. The van der Waals surface area contributed by atoms with Crippen LogP contribution in [0.5, 0.6) is 0 Å². The molecular weight excluding hydrogens is 186 g/mol. The van der Waals surface area contributed by atoms with Gasteiger partial charge in [-0.1, -0.05) is 33.6 Å². The van der Waals surface area contributed by atoms with Crippen molar-refractivity contribution in [1.29, 1.82) is 0 Å². The largest absolute Gasteiger partial charge is 0.396 e. The fourth-order valence-electron chi connectivity index (χ4n) is 2.53. The second-order valence-electron chi connectivity index (χ2n) is 5.73. The molecule has 1 unspecified atom stereocenters. The lowest BCUT2D eigenvalue weighted by molar-refractivity contribution is 0.0567. The van der Waals surface area contributed by atoms with Crippen LogP contribution in [0, 0.1) is 5.41 Å². The van der Waals surface area contributed by atoms with Crippen molar-refractivity contribution < 1.29 is 5.11 Å². The third kappa shape index (κ3) is 4.12. The summed E-state index contributed by atoms with van der Waals surface area (Å²) < 4.78 is 0. The van der Waals surface area contributed by atoms with E-state index in [0.29, 0.717) is 6.61 Å². The second-order valence-corrected chi connectivity index (χ2v) is 5.73. The maximum absolute atomic E-state index is 9.31. The monoisotopic (exact) mass is 213 g/mol. The molecule has 1 fully saturated rings. The van der Waals surface area contributed by atoms with Crippen LogP contribution in [0.4, 0.5) is 0 Å². The van der Waals surface area contributed by atoms with Crippen molar-refractivity contribution in [2.75, 3.05) is 19.7 Å². The highest BCUT2D eigenvalue weighted by Crippen LogP contribution is 2.25. The van der Waals surface area contributed by atoms with Gasteiger partial charge in [0, 0.05) is 24.6 Å². The molecule has 90 valence electrons. The molecule has 1 rings (SSSR count). The number of aliphatic hydroxyl groups excluding tert-OH is 1. The van der Waals surface area contributed by atoms with Crippen LogP contribution in [0.25, 0.3) is 0 Å². The van der Waals surface area contributed by atoms with Crippen LogP contribution >= 0.6 is 0 Å². The summed E-state index contributed by atoms with van der Waals surface area (Å²) in [4.78, 5) is 2.60. The van der Waals surface area contributed by atoms with Crippen LogP contribution in [-0.2, 0) is 0 Å². The number of hydrogen-bond acceptors (Lipinski definition) is 2. The molecule has 1 aliphatic rings. The molecule has 0 aliphatic carbocycles. The Bertz CT molecular complexity index is 177. The predicted octanol–water partition coefficient (Wildman–Crippen LogP) is 2.66. The molecule has 1 aliphatic heterocycles. The Morgan fingerprint density at radius 3 is 2.67 bits per heavy atom. The first kappa shape index (κ1) is 13.0. The number of aliphatic hydroxyl groups is 1. The molecule has 15 heavy (non-hydrogen) atoms. The minimum absolute atomic E-state index is 0.0589. The predicted molar refractivity (Wildman–Crippen MR) is 65.0 cm³/mol. The van der Waals surface area contributed by atoms with Crippen LogP contribution in [0.15, 0.2) is 0 Å². The maximum Gasteiger partial charge on any atom is 0.0494 e. The Balaban J connectivity index is 2.48. The van der Waals surface area contributed by atoms with E-state index in [2.05, 4.69) is 25.7 Å². The molecule has 0 aromatic rings. The van der Waals surface area contributed by atoms with Crippen LogP contribution < -0.4 is 0 Å². The first-order chi connectivity index (χ1) is 7.09. The van der Waals surface area contributed by atoms with Gasteiger partial charge in [-0.05, 0) is 25.8 Å². The average molecular weight is 213 g/mol. The van der Waals surface area contributed by atoms with Gasteiger partial charge in [0.25, 0.3) is 0 Å². The van der Waals surface area contributed by atoms with E-state index in [1.54, 1.807) is 0 Å². The van der Waals surface area contributed by atoms with E-state index in [1.165, 1.54) is 38.6 Å². The fourth-order valence-corrected chi connectivity index (χ4v) is 2.53. The van der Waals surface area contributed by atoms with E-state index in [4.69, 9.17) is 0 Å². The Morgan fingerprint density at radius 2 is 2.07 bits per heavy atom. The smallest absolute Gasteiger partial charge is 0.0494 e. The Kier molecular flexibility index (Phi) is 5.07. The topological polar surface area (TPSA) is 23.5 Å². The Hall–Kier alpha value is -0.0800. The van der Waals surface area contributed by atoms with E-state index < -0.39 is 0 Å². The summed E-state index contributed by atoms with van der Waals surface area (Å²) in [6.45, 7) is 9.16. The minimum atomic E-state index is 0.0589. The third-order valence-corrected chi connectivity index (χ3v) is 3.43. The van der Waals surface area contributed by atoms with Crippen molar-refractivity contribution in [3.05, 3.63) is 0 Å². The molecule has 0 bridgehead atoms. The maximum atomic E-state index is 9.31. The summed E-state index contributed by atoms with van der Waals surface area (Å²) in [5.74, 6) is 0. The van der Waals surface area contributed by atoms with Crippen LogP contribution in [0.2, 0.25) is 0 Å². The van der Waals surface area contributed by atoms with Gasteiger partial charge in [-0.15, -0.1) is 0 Å². The zero-order valence-electron chi connectivity index (χ0n) is 10.6. The molecular formula is C13H27NO. The van der Waals surface area contributed by atoms with Crippen molar-refractivity contribution in [2.45, 2.75) is 58.9 Å². The number of rotatable bonds is 5. The van der Waals surface area contributed by atoms with Crippen molar-refractivity contribution in [3.8, 4) is 0 Å². The molecule has 0 aromatic carbocycles. The number of hydrogen-bond donors (Lipinski definition) is 1. The van der Waals surface area contributed by atoms with E-state index in [0.717, 1.165) is 12.6 Å². The number of likely N-dealkylation sites (tertiary alicyclic amines) is 1. The Labute approximate surface area is 94.7 Å². The molecule has 1 N–H and O–H groups in total. The first-order valence-corrected chi connectivity index (χ1v) is 6.44. The summed E-state index contributed by atoms with van der Waals surface area (Å²) in [6.07, 6.45) is 6.68. The lowest BCUT2D eigenvalue weighted by atomic mass is 9.90. The second kappa shape index (κ2) is 5.86. The molecule has 0 saturated carbocycles. The molecule has 0 aromatic heterocycles. The molecule has 0 radical (unpaired) electrons. The molecule has 0 amide bonds. The van der Waals surface area contributed by atoms with Crippen LogP contribution in [-0.4, -0.2) is 35.7 Å². The first-order valence-electron chi connectivity index (χ1n) is 6.44. The minimum Gasteiger partial charge on any atom is -0.396 e. The third-order valence-electron chi connectivity index (χ3n) is 3.43. The van der Waals surface area contributed by atoms with E-state index in [9.17, 15) is 5.11 Å². The zero-order chi connectivity index (χ0) is 11.3.